The van der Waals surface area contributed by atoms with Crippen molar-refractivity contribution in [2.45, 2.75) is 18.5 Å². The van der Waals surface area contributed by atoms with Gasteiger partial charge < -0.3 is 4.42 Å². The smallest absolute Gasteiger partial charge is 0.237 e. The van der Waals surface area contributed by atoms with Crippen molar-refractivity contribution in [1.82, 2.24) is 19.8 Å². The summed E-state index contributed by atoms with van der Waals surface area (Å²) < 4.78 is 6.77. The van der Waals surface area contributed by atoms with Crippen molar-refractivity contribution in [3.05, 3.63) is 60.4 Å². The van der Waals surface area contributed by atoms with E-state index >= 15 is 0 Å². The Hall–Kier alpha value is -3.13. The summed E-state index contributed by atoms with van der Waals surface area (Å²) in [5, 5.41) is 16.1. The minimum atomic E-state index is -0.182. The molecule has 0 saturated heterocycles. The third-order valence-electron chi connectivity index (χ3n) is 4.01. The lowest BCUT2D eigenvalue weighted by Gasteiger charge is -2.04. The van der Waals surface area contributed by atoms with Crippen molar-refractivity contribution in [1.29, 1.82) is 0 Å². The van der Waals surface area contributed by atoms with Gasteiger partial charge in [-0.15, -0.1) is 10.2 Å². The van der Waals surface area contributed by atoms with Gasteiger partial charge in [-0.05, 0) is 30.2 Å². The molecule has 0 atom stereocenters. The van der Waals surface area contributed by atoms with E-state index in [1.165, 1.54) is 23.6 Å². The molecule has 0 saturated carbocycles. The molecule has 0 radical (unpaired) electrons. The molecular formula is C19H17N5O2S. The van der Waals surface area contributed by atoms with Crippen LogP contribution in [0.4, 0.5) is 5.88 Å². The molecule has 0 unspecified atom stereocenters. The highest BCUT2D eigenvalue weighted by Crippen LogP contribution is 2.21. The SMILES string of the molecule is CCc1ccc(-c2ccc3nnc(SCC(=O)Nc4ccco4)n3n2)cc1. The number of hydrogen-bond acceptors (Lipinski definition) is 6. The molecule has 0 spiro atoms. The van der Waals surface area contributed by atoms with E-state index in [1.54, 1.807) is 16.6 Å². The lowest BCUT2D eigenvalue weighted by atomic mass is 10.1. The molecule has 4 rings (SSSR count). The molecule has 0 aliphatic rings. The molecule has 1 aromatic carbocycles. The zero-order chi connectivity index (χ0) is 18.6. The Morgan fingerprint density at radius 3 is 2.74 bits per heavy atom. The predicted molar refractivity (Wildman–Crippen MR) is 104 cm³/mol. The van der Waals surface area contributed by atoms with Gasteiger partial charge >= 0.3 is 0 Å². The number of nitrogens with zero attached hydrogens (tertiary/aromatic N) is 4. The summed E-state index contributed by atoms with van der Waals surface area (Å²) in [6.45, 7) is 2.13. The van der Waals surface area contributed by atoms with Gasteiger partial charge in [0.05, 0.1) is 17.7 Å². The van der Waals surface area contributed by atoms with Crippen LogP contribution in [0, 0.1) is 0 Å². The second kappa shape index (κ2) is 7.63. The first kappa shape index (κ1) is 17.3. The molecule has 8 heteroatoms. The van der Waals surface area contributed by atoms with E-state index in [-0.39, 0.29) is 11.7 Å². The van der Waals surface area contributed by atoms with Crippen molar-refractivity contribution < 1.29 is 9.21 Å². The largest absolute Gasteiger partial charge is 0.449 e. The van der Waals surface area contributed by atoms with Crippen molar-refractivity contribution in [2.24, 2.45) is 0 Å². The van der Waals surface area contributed by atoms with E-state index in [2.05, 4.69) is 51.8 Å². The summed E-state index contributed by atoms with van der Waals surface area (Å²) in [5.74, 6) is 0.416. The van der Waals surface area contributed by atoms with Crippen molar-refractivity contribution >= 4 is 29.2 Å². The molecular weight excluding hydrogens is 362 g/mol. The molecule has 27 heavy (non-hydrogen) atoms. The first-order valence-corrected chi connectivity index (χ1v) is 9.49. The summed E-state index contributed by atoms with van der Waals surface area (Å²) in [7, 11) is 0. The zero-order valence-electron chi connectivity index (χ0n) is 14.6. The number of thioether (sulfide) groups is 1. The average molecular weight is 379 g/mol. The van der Waals surface area contributed by atoms with E-state index in [0.29, 0.717) is 16.7 Å². The Labute approximate surface area is 159 Å². The Morgan fingerprint density at radius 2 is 2.00 bits per heavy atom. The van der Waals surface area contributed by atoms with Gasteiger partial charge in [-0.2, -0.15) is 9.61 Å². The zero-order valence-corrected chi connectivity index (χ0v) is 15.4. The second-order valence-corrected chi connectivity index (χ2v) is 6.78. The number of aromatic nitrogens is 4. The maximum Gasteiger partial charge on any atom is 0.237 e. The van der Waals surface area contributed by atoms with Crippen molar-refractivity contribution in [3.63, 3.8) is 0 Å². The summed E-state index contributed by atoms with van der Waals surface area (Å²) in [5.41, 5.74) is 3.77. The standard InChI is InChI=1S/C19H17N5O2S/c1-2-13-5-7-14(8-6-13)15-9-10-16-21-22-19(24(16)23-15)27-12-17(25)20-18-4-3-11-26-18/h3-11H,2,12H2,1H3,(H,20,25). The predicted octanol–water partition coefficient (Wildman–Crippen LogP) is 3.68. The van der Waals surface area contributed by atoms with Gasteiger partial charge in [-0.1, -0.05) is 43.0 Å². The van der Waals surface area contributed by atoms with Crippen molar-refractivity contribution in [2.75, 3.05) is 11.1 Å². The number of carbonyl (C=O) groups is 1. The maximum absolute atomic E-state index is 12.0. The molecule has 1 amide bonds. The number of aryl methyl sites for hydroxylation is 1. The number of carbonyl (C=O) groups excluding carboxylic acids is 1. The number of fused-ring (bicyclic) bond motifs is 1. The van der Waals surface area contributed by atoms with Crippen LogP contribution in [0.2, 0.25) is 0 Å². The molecule has 3 aromatic heterocycles. The molecule has 1 N–H and O–H groups in total. The first-order chi connectivity index (χ1) is 13.2. The van der Waals surface area contributed by atoms with E-state index in [0.717, 1.165) is 17.7 Å². The van der Waals surface area contributed by atoms with Crippen LogP contribution < -0.4 is 5.32 Å². The fourth-order valence-corrected chi connectivity index (χ4v) is 3.27. The van der Waals surface area contributed by atoms with Crippen LogP contribution in [-0.2, 0) is 11.2 Å². The van der Waals surface area contributed by atoms with Gasteiger partial charge in [0.1, 0.15) is 0 Å². The Bertz CT molecular complexity index is 1060. The van der Waals surface area contributed by atoms with Crippen LogP contribution in [-0.4, -0.2) is 31.5 Å². The van der Waals surface area contributed by atoms with Gasteiger partial charge in [0.2, 0.25) is 11.1 Å². The molecule has 0 aliphatic heterocycles. The molecule has 0 bridgehead atoms. The molecule has 0 fully saturated rings. The highest BCUT2D eigenvalue weighted by Gasteiger charge is 2.12. The van der Waals surface area contributed by atoms with Crippen LogP contribution in [0.15, 0.2) is 64.4 Å². The highest BCUT2D eigenvalue weighted by atomic mass is 32.2. The van der Waals surface area contributed by atoms with Crippen LogP contribution in [0.5, 0.6) is 0 Å². The normalized spacial score (nSPS) is 11.0. The van der Waals surface area contributed by atoms with Gasteiger partial charge in [0, 0.05) is 11.6 Å². The molecule has 7 nitrogen and oxygen atoms in total. The quantitative estimate of drug-likeness (QED) is 0.515. The van der Waals surface area contributed by atoms with E-state index < -0.39 is 0 Å². The van der Waals surface area contributed by atoms with Gasteiger partial charge in [0.15, 0.2) is 11.5 Å². The third kappa shape index (κ3) is 3.85. The van der Waals surface area contributed by atoms with Crippen LogP contribution in [0.25, 0.3) is 16.9 Å². The number of rotatable bonds is 6. The third-order valence-corrected chi connectivity index (χ3v) is 4.93. The minimum Gasteiger partial charge on any atom is -0.449 e. The highest BCUT2D eigenvalue weighted by molar-refractivity contribution is 7.99. The number of amides is 1. The molecule has 4 aromatic rings. The number of benzene rings is 1. The summed E-state index contributed by atoms with van der Waals surface area (Å²) in [4.78, 5) is 12.0. The maximum atomic E-state index is 12.0. The Balaban J connectivity index is 1.52. The Morgan fingerprint density at radius 1 is 1.15 bits per heavy atom. The average Bonchev–Trinajstić information content (AvgIpc) is 3.35. The van der Waals surface area contributed by atoms with Gasteiger partial charge in [-0.3, -0.25) is 10.1 Å². The second-order valence-electron chi connectivity index (χ2n) is 5.84. The van der Waals surface area contributed by atoms with Crippen molar-refractivity contribution in [3.8, 4) is 11.3 Å². The Kier molecular flexibility index (Phi) is 4.88. The first-order valence-electron chi connectivity index (χ1n) is 8.51. The molecule has 136 valence electrons. The van der Waals surface area contributed by atoms with Gasteiger partial charge in [-0.25, -0.2) is 0 Å². The van der Waals surface area contributed by atoms with E-state index in [9.17, 15) is 4.79 Å². The topological polar surface area (TPSA) is 85.3 Å². The summed E-state index contributed by atoms with van der Waals surface area (Å²) in [6, 6.07) is 15.5. The summed E-state index contributed by atoms with van der Waals surface area (Å²) in [6.07, 6.45) is 2.51. The fraction of sp³-hybridized carbons (Fsp3) is 0.158. The lowest BCUT2D eigenvalue weighted by Crippen LogP contribution is -2.13. The number of furan rings is 1. The number of anilines is 1. The lowest BCUT2D eigenvalue weighted by molar-refractivity contribution is -0.113. The van der Waals surface area contributed by atoms with Gasteiger partial charge in [0.25, 0.3) is 0 Å². The number of nitrogens with one attached hydrogen (secondary N) is 1. The summed E-state index contributed by atoms with van der Waals surface area (Å²) >= 11 is 1.27. The fourth-order valence-electron chi connectivity index (χ4n) is 2.58. The van der Waals surface area contributed by atoms with Crippen LogP contribution in [0.1, 0.15) is 12.5 Å². The van der Waals surface area contributed by atoms with Crippen LogP contribution in [0.3, 0.4) is 0 Å². The van der Waals surface area contributed by atoms with E-state index in [1.807, 2.05) is 12.1 Å². The monoisotopic (exact) mass is 379 g/mol. The minimum absolute atomic E-state index is 0.179. The van der Waals surface area contributed by atoms with E-state index in [4.69, 9.17) is 4.42 Å². The van der Waals surface area contributed by atoms with Crippen LogP contribution >= 0.6 is 11.8 Å². The molecule has 3 heterocycles. The number of hydrogen-bond donors (Lipinski definition) is 1. The molecule has 0 aliphatic carbocycles.